The second-order valence-electron chi connectivity index (χ2n) is 5.36. The van der Waals surface area contributed by atoms with E-state index in [1.165, 1.54) is 22.2 Å². The van der Waals surface area contributed by atoms with Gasteiger partial charge in [0, 0.05) is 43.3 Å². The Morgan fingerprint density at radius 1 is 1.32 bits per heavy atom. The SMILES string of the molecule is Cc1cc2c(CN3CCN(C)C(=O)C3)cccc2[nH]1. The molecule has 1 N–H and O–H groups in total. The first-order chi connectivity index (χ1) is 9.13. The number of fused-ring (bicyclic) bond motifs is 1. The lowest BCUT2D eigenvalue weighted by Crippen LogP contribution is -2.47. The normalized spacial score (nSPS) is 17.4. The topological polar surface area (TPSA) is 39.3 Å². The van der Waals surface area contributed by atoms with Crippen molar-refractivity contribution in [3.05, 3.63) is 35.5 Å². The second-order valence-corrected chi connectivity index (χ2v) is 5.36. The van der Waals surface area contributed by atoms with Crippen LogP contribution in [0.5, 0.6) is 0 Å². The summed E-state index contributed by atoms with van der Waals surface area (Å²) in [7, 11) is 1.87. The van der Waals surface area contributed by atoms with E-state index in [0.29, 0.717) is 6.54 Å². The van der Waals surface area contributed by atoms with E-state index in [2.05, 4.69) is 41.1 Å². The summed E-state index contributed by atoms with van der Waals surface area (Å²) in [6, 6.07) is 8.51. The average molecular weight is 257 g/mol. The molecule has 19 heavy (non-hydrogen) atoms. The number of carbonyl (C=O) groups is 1. The molecule has 1 aliphatic heterocycles. The summed E-state index contributed by atoms with van der Waals surface area (Å²) < 4.78 is 0. The molecule has 2 heterocycles. The Morgan fingerprint density at radius 3 is 2.95 bits per heavy atom. The van der Waals surface area contributed by atoms with E-state index in [9.17, 15) is 4.79 Å². The Labute approximate surface area is 113 Å². The highest BCUT2D eigenvalue weighted by Crippen LogP contribution is 2.21. The number of hydrogen-bond donors (Lipinski definition) is 1. The molecule has 4 nitrogen and oxygen atoms in total. The molecule has 0 unspecified atom stereocenters. The molecular weight excluding hydrogens is 238 g/mol. The zero-order valence-corrected chi connectivity index (χ0v) is 11.4. The fourth-order valence-corrected chi connectivity index (χ4v) is 2.68. The van der Waals surface area contributed by atoms with Crippen LogP contribution in [0, 0.1) is 6.92 Å². The predicted molar refractivity (Wildman–Crippen MR) is 75.9 cm³/mol. The summed E-state index contributed by atoms with van der Waals surface area (Å²) in [4.78, 5) is 19.1. The van der Waals surface area contributed by atoms with Crippen LogP contribution in [-0.4, -0.2) is 47.4 Å². The van der Waals surface area contributed by atoms with Gasteiger partial charge in [0.1, 0.15) is 0 Å². The Morgan fingerprint density at radius 2 is 2.16 bits per heavy atom. The first-order valence-electron chi connectivity index (χ1n) is 6.67. The number of benzene rings is 1. The molecule has 0 aliphatic carbocycles. The number of nitrogens with zero attached hydrogens (tertiary/aromatic N) is 2. The van der Waals surface area contributed by atoms with Crippen LogP contribution in [0.15, 0.2) is 24.3 Å². The standard InChI is InChI=1S/C15H19N3O/c1-11-8-13-12(4-3-5-14(13)16-11)9-18-7-6-17(2)15(19)10-18/h3-5,8,16H,6-7,9-10H2,1-2H3. The zero-order chi connectivity index (χ0) is 13.4. The van der Waals surface area contributed by atoms with Crippen LogP contribution in [0.2, 0.25) is 0 Å². The predicted octanol–water partition coefficient (Wildman–Crippen LogP) is 1.75. The highest BCUT2D eigenvalue weighted by molar-refractivity contribution is 5.84. The lowest BCUT2D eigenvalue weighted by Gasteiger charge is -2.32. The molecule has 0 atom stereocenters. The molecule has 0 saturated carbocycles. The van der Waals surface area contributed by atoms with Gasteiger partial charge in [-0.2, -0.15) is 0 Å². The minimum atomic E-state index is 0.212. The lowest BCUT2D eigenvalue weighted by atomic mass is 10.1. The number of aromatic amines is 1. The molecule has 1 aliphatic rings. The minimum absolute atomic E-state index is 0.212. The maximum absolute atomic E-state index is 11.7. The number of piperazine rings is 1. The van der Waals surface area contributed by atoms with Crippen LogP contribution in [-0.2, 0) is 11.3 Å². The van der Waals surface area contributed by atoms with E-state index < -0.39 is 0 Å². The van der Waals surface area contributed by atoms with Gasteiger partial charge in [-0.1, -0.05) is 12.1 Å². The summed E-state index contributed by atoms with van der Waals surface area (Å²) in [5.74, 6) is 0.212. The van der Waals surface area contributed by atoms with E-state index in [4.69, 9.17) is 0 Å². The van der Waals surface area contributed by atoms with Crippen molar-refractivity contribution < 1.29 is 4.79 Å². The van der Waals surface area contributed by atoms with E-state index in [0.717, 1.165) is 19.6 Å². The van der Waals surface area contributed by atoms with Crippen molar-refractivity contribution in [3.8, 4) is 0 Å². The highest BCUT2D eigenvalue weighted by Gasteiger charge is 2.21. The molecule has 1 aromatic heterocycles. The first kappa shape index (κ1) is 12.2. The van der Waals surface area contributed by atoms with Crippen molar-refractivity contribution in [1.29, 1.82) is 0 Å². The van der Waals surface area contributed by atoms with Crippen LogP contribution in [0.1, 0.15) is 11.3 Å². The highest BCUT2D eigenvalue weighted by atomic mass is 16.2. The summed E-state index contributed by atoms with van der Waals surface area (Å²) in [5, 5.41) is 1.27. The van der Waals surface area contributed by atoms with Gasteiger partial charge in [-0.05, 0) is 24.6 Å². The number of carbonyl (C=O) groups excluding carboxylic acids is 1. The van der Waals surface area contributed by atoms with E-state index in [1.807, 2.05) is 7.05 Å². The maximum Gasteiger partial charge on any atom is 0.236 e. The summed E-state index contributed by atoms with van der Waals surface area (Å²) in [5.41, 5.74) is 3.64. The van der Waals surface area contributed by atoms with Crippen molar-refractivity contribution in [2.75, 3.05) is 26.7 Å². The smallest absolute Gasteiger partial charge is 0.236 e. The number of nitrogens with one attached hydrogen (secondary N) is 1. The number of amides is 1. The van der Waals surface area contributed by atoms with Crippen molar-refractivity contribution >= 4 is 16.8 Å². The van der Waals surface area contributed by atoms with Crippen LogP contribution in [0.3, 0.4) is 0 Å². The fourth-order valence-electron chi connectivity index (χ4n) is 2.68. The van der Waals surface area contributed by atoms with Crippen molar-refractivity contribution in [3.63, 3.8) is 0 Å². The van der Waals surface area contributed by atoms with Crippen molar-refractivity contribution in [1.82, 2.24) is 14.8 Å². The van der Waals surface area contributed by atoms with Gasteiger partial charge in [0.2, 0.25) is 5.91 Å². The molecule has 2 aromatic rings. The number of likely N-dealkylation sites (N-methyl/N-ethyl adjacent to an activating group) is 1. The summed E-state index contributed by atoms with van der Waals surface area (Å²) in [6.45, 7) is 5.21. The first-order valence-corrected chi connectivity index (χ1v) is 6.67. The largest absolute Gasteiger partial charge is 0.359 e. The van der Waals surface area contributed by atoms with Gasteiger partial charge in [-0.15, -0.1) is 0 Å². The Balaban J connectivity index is 1.83. The van der Waals surface area contributed by atoms with Crippen molar-refractivity contribution in [2.45, 2.75) is 13.5 Å². The molecule has 100 valence electrons. The lowest BCUT2D eigenvalue weighted by molar-refractivity contribution is -0.134. The molecule has 1 amide bonds. The molecule has 0 radical (unpaired) electrons. The van der Waals surface area contributed by atoms with Gasteiger partial charge >= 0.3 is 0 Å². The molecule has 4 heteroatoms. The van der Waals surface area contributed by atoms with Crippen LogP contribution < -0.4 is 0 Å². The number of hydrogen-bond acceptors (Lipinski definition) is 2. The Hall–Kier alpha value is -1.81. The molecule has 0 bridgehead atoms. The zero-order valence-electron chi connectivity index (χ0n) is 11.4. The van der Waals surface area contributed by atoms with Gasteiger partial charge in [-0.3, -0.25) is 9.69 Å². The summed E-state index contributed by atoms with van der Waals surface area (Å²) in [6.07, 6.45) is 0. The van der Waals surface area contributed by atoms with Gasteiger partial charge in [0.15, 0.2) is 0 Å². The maximum atomic E-state index is 11.7. The van der Waals surface area contributed by atoms with Crippen LogP contribution >= 0.6 is 0 Å². The van der Waals surface area contributed by atoms with E-state index >= 15 is 0 Å². The molecule has 1 saturated heterocycles. The molecular formula is C15H19N3O. The molecule has 0 spiro atoms. The third-order valence-electron chi connectivity index (χ3n) is 3.82. The monoisotopic (exact) mass is 257 g/mol. The third kappa shape index (κ3) is 2.36. The number of aryl methyl sites for hydroxylation is 1. The average Bonchev–Trinajstić information content (AvgIpc) is 2.75. The van der Waals surface area contributed by atoms with Gasteiger partial charge in [0.25, 0.3) is 0 Å². The number of H-pyrrole nitrogens is 1. The Bertz CT molecular complexity index is 617. The van der Waals surface area contributed by atoms with Gasteiger partial charge in [0.05, 0.1) is 6.54 Å². The summed E-state index contributed by atoms with van der Waals surface area (Å²) >= 11 is 0. The number of aromatic nitrogens is 1. The minimum Gasteiger partial charge on any atom is -0.359 e. The van der Waals surface area contributed by atoms with Crippen molar-refractivity contribution in [2.24, 2.45) is 0 Å². The number of rotatable bonds is 2. The molecule has 1 aromatic carbocycles. The van der Waals surface area contributed by atoms with Gasteiger partial charge in [-0.25, -0.2) is 0 Å². The fraction of sp³-hybridized carbons (Fsp3) is 0.400. The van der Waals surface area contributed by atoms with Gasteiger partial charge < -0.3 is 9.88 Å². The van der Waals surface area contributed by atoms with E-state index in [1.54, 1.807) is 4.90 Å². The quantitative estimate of drug-likeness (QED) is 0.890. The Kier molecular flexibility index (Phi) is 3.03. The second kappa shape index (κ2) is 4.70. The molecule has 3 rings (SSSR count). The van der Waals surface area contributed by atoms with E-state index in [-0.39, 0.29) is 5.91 Å². The van der Waals surface area contributed by atoms with Crippen LogP contribution in [0.4, 0.5) is 0 Å². The molecule has 1 fully saturated rings. The third-order valence-corrected chi connectivity index (χ3v) is 3.82. The van der Waals surface area contributed by atoms with Crippen LogP contribution in [0.25, 0.3) is 10.9 Å².